The van der Waals surface area contributed by atoms with Gasteiger partial charge in [0.1, 0.15) is 13.2 Å². The van der Waals surface area contributed by atoms with Crippen LogP contribution < -0.4 is 5.30 Å². The van der Waals surface area contributed by atoms with E-state index >= 15 is 0 Å². The maximum absolute atomic E-state index is 5.89. The van der Waals surface area contributed by atoms with Gasteiger partial charge in [-0.15, -0.1) is 0 Å². The summed E-state index contributed by atoms with van der Waals surface area (Å²) in [6.45, 7) is 10.2. The van der Waals surface area contributed by atoms with Crippen molar-refractivity contribution in [3.63, 3.8) is 0 Å². The second-order valence-corrected chi connectivity index (χ2v) is 9.71. The van der Waals surface area contributed by atoms with Crippen LogP contribution >= 0.6 is 7.92 Å². The van der Waals surface area contributed by atoms with Crippen molar-refractivity contribution in [2.24, 2.45) is 21.8 Å². The fourth-order valence-electron chi connectivity index (χ4n) is 2.94. The van der Waals surface area contributed by atoms with Crippen molar-refractivity contribution in [2.45, 2.75) is 39.8 Å². The van der Waals surface area contributed by atoms with Gasteiger partial charge in [-0.1, -0.05) is 65.9 Å². The summed E-state index contributed by atoms with van der Waals surface area (Å²) in [7, 11) is -0.466. The zero-order valence-electron chi connectivity index (χ0n) is 15.7. The van der Waals surface area contributed by atoms with Crippen LogP contribution in [-0.4, -0.2) is 49.4 Å². The first kappa shape index (κ1) is 18.4. The predicted octanol–water partition coefficient (Wildman–Crippen LogP) is 3.70. The van der Waals surface area contributed by atoms with E-state index in [2.05, 4.69) is 58.0 Å². The Kier molecular flexibility index (Phi) is 6.11. The summed E-state index contributed by atoms with van der Waals surface area (Å²) in [6, 6.07) is 11.3. The van der Waals surface area contributed by atoms with Crippen LogP contribution in [0.1, 0.15) is 27.7 Å². The van der Waals surface area contributed by atoms with Gasteiger partial charge in [-0.25, -0.2) is 9.98 Å². The summed E-state index contributed by atoms with van der Waals surface area (Å²) in [6.07, 6.45) is 1.74. The highest BCUT2D eigenvalue weighted by Crippen LogP contribution is 2.37. The molecule has 1 aromatic rings. The van der Waals surface area contributed by atoms with Gasteiger partial charge in [0.25, 0.3) is 0 Å². The Bertz CT molecular complexity index is 592. The molecule has 0 fully saturated rings. The summed E-state index contributed by atoms with van der Waals surface area (Å²) >= 11 is 0. The van der Waals surface area contributed by atoms with Gasteiger partial charge in [-0.3, -0.25) is 0 Å². The number of ether oxygens (including phenoxy) is 2. The first-order chi connectivity index (χ1) is 12.0. The molecule has 3 atom stereocenters. The van der Waals surface area contributed by atoms with Crippen molar-refractivity contribution in [1.29, 1.82) is 0 Å². The molecule has 1 unspecified atom stereocenters. The Hall–Kier alpha value is -1.41. The van der Waals surface area contributed by atoms with Gasteiger partial charge in [0, 0.05) is 12.3 Å². The molecule has 0 aliphatic carbocycles. The molecule has 0 aromatic heterocycles. The molecular weight excluding hydrogens is 331 g/mol. The molecule has 1 aromatic carbocycles. The van der Waals surface area contributed by atoms with E-state index in [1.807, 2.05) is 0 Å². The van der Waals surface area contributed by atoms with Crippen LogP contribution in [0.4, 0.5) is 0 Å². The molecule has 3 rings (SSSR count). The van der Waals surface area contributed by atoms with E-state index in [1.165, 1.54) is 5.30 Å². The van der Waals surface area contributed by atoms with Crippen molar-refractivity contribution in [1.82, 2.24) is 0 Å². The monoisotopic (exact) mass is 360 g/mol. The molecule has 0 bridgehead atoms. The molecule has 2 heterocycles. The second-order valence-electron chi connectivity index (χ2n) is 7.48. The zero-order valence-corrected chi connectivity index (χ0v) is 16.6. The Labute approximate surface area is 152 Å². The van der Waals surface area contributed by atoms with Crippen LogP contribution in [0.5, 0.6) is 0 Å². The van der Waals surface area contributed by atoms with Crippen LogP contribution in [-0.2, 0) is 9.47 Å². The lowest BCUT2D eigenvalue weighted by molar-refractivity contribution is 0.289. The minimum absolute atomic E-state index is 0.299. The topological polar surface area (TPSA) is 43.2 Å². The molecule has 0 N–H and O–H groups in total. The largest absolute Gasteiger partial charge is 0.478 e. The van der Waals surface area contributed by atoms with Gasteiger partial charge in [0.15, 0.2) is 11.8 Å². The zero-order chi connectivity index (χ0) is 17.8. The van der Waals surface area contributed by atoms with Crippen LogP contribution in [0.15, 0.2) is 40.3 Å². The Balaban J connectivity index is 1.73. The van der Waals surface area contributed by atoms with Crippen molar-refractivity contribution >= 4 is 25.0 Å². The first-order valence-electron chi connectivity index (χ1n) is 9.22. The fourth-order valence-corrected chi connectivity index (χ4v) is 5.01. The molecule has 4 nitrogen and oxygen atoms in total. The standard InChI is InChI=1S/C20H29N2O2P/c1-14(2)17-10-23-19(21-17)12-25(16-8-6-5-7-9-16)13-20-22-18(11-24-20)15(3)4/h5-9,14-15,17-18H,10-13H2,1-4H3/t17-,18+,25?. The van der Waals surface area contributed by atoms with Crippen molar-refractivity contribution in [3.8, 4) is 0 Å². The van der Waals surface area contributed by atoms with E-state index in [9.17, 15) is 0 Å². The molecular formula is C20H29N2O2P. The Morgan fingerprint density at radius 2 is 1.36 bits per heavy atom. The van der Waals surface area contributed by atoms with Crippen molar-refractivity contribution in [2.75, 3.05) is 25.5 Å². The van der Waals surface area contributed by atoms with Gasteiger partial charge in [-0.2, -0.15) is 0 Å². The summed E-state index contributed by atoms with van der Waals surface area (Å²) < 4.78 is 11.8. The normalized spacial score (nSPS) is 24.1. The third kappa shape index (κ3) is 4.82. The molecule has 2 aliphatic rings. The molecule has 0 saturated carbocycles. The predicted molar refractivity (Wildman–Crippen MR) is 107 cm³/mol. The average molecular weight is 360 g/mol. The van der Waals surface area contributed by atoms with Crippen LogP contribution in [0.25, 0.3) is 0 Å². The number of hydrogen-bond acceptors (Lipinski definition) is 4. The molecule has 0 saturated heterocycles. The highest BCUT2D eigenvalue weighted by molar-refractivity contribution is 7.67. The SMILES string of the molecule is CC(C)[C@@H]1COC(CP(CC2=N[C@@H](C(C)C)CO2)c2ccccc2)=N1. The lowest BCUT2D eigenvalue weighted by atomic mass is 10.1. The van der Waals surface area contributed by atoms with E-state index in [4.69, 9.17) is 19.5 Å². The molecule has 0 spiro atoms. The third-order valence-electron chi connectivity index (χ3n) is 4.77. The smallest absolute Gasteiger partial charge is 0.188 e. The highest BCUT2D eigenvalue weighted by atomic mass is 31.1. The Morgan fingerprint density at radius 1 is 0.880 bits per heavy atom. The maximum Gasteiger partial charge on any atom is 0.188 e. The summed E-state index contributed by atoms with van der Waals surface area (Å²) in [5.41, 5.74) is 0. The van der Waals surface area contributed by atoms with Crippen molar-refractivity contribution < 1.29 is 9.47 Å². The lowest BCUT2D eigenvalue weighted by Crippen LogP contribution is -2.17. The van der Waals surface area contributed by atoms with Gasteiger partial charge >= 0.3 is 0 Å². The number of benzene rings is 1. The minimum atomic E-state index is -0.466. The van der Waals surface area contributed by atoms with Gasteiger partial charge < -0.3 is 9.47 Å². The summed E-state index contributed by atoms with van der Waals surface area (Å²) in [5, 5.41) is 1.36. The lowest BCUT2D eigenvalue weighted by Gasteiger charge is -2.17. The van der Waals surface area contributed by atoms with E-state index in [1.54, 1.807) is 0 Å². The van der Waals surface area contributed by atoms with E-state index in [-0.39, 0.29) is 0 Å². The molecule has 2 aliphatic heterocycles. The molecule has 0 radical (unpaired) electrons. The minimum Gasteiger partial charge on any atom is -0.478 e. The van der Waals surface area contributed by atoms with Crippen molar-refractivity contribution in [3.05, 3.63) is 30.3 Å². The number of hydrogen-bond donors (Lipinski definition) is 0. The van der Waals surface area contributed by atoms with Crippen LogP contribution in [0.3, 0.4) is 0 Å². The number of rotatable bonds is 7. The van der Waals surface area contributed by atoms with Crippen LogP contribution in [0, 0.1) is 11.8 Å². The van der Waals surface area contributed by atoms with E-state index in [0.29, 0.717) is 23.9 Å². The van der Waals surface area contributed by atoms with Gasteiger partial charge in [0.05, 0.1) is 12.1 Å². The maximum atomic E-state index is 5.89. The summed E-state index contributed by atoms with van der Waals surface area (Å²) in [5.74, 6) is 2.87. The molecule has 25 heavy (non-hydrogen) atoms. The molecule has 136 valence electrons. The Morgan fingerprint density at radius 3 is 1.76 bits per heavy atom. The van der Waals surface area contributed by atoms with Gasteiger partial charge in [0.2, 0.25) is 0 Å². The van der Waals surface area contributed by atoms with Crippen LogP contribution in [0.2, 0.25) is 0 Å². The fraction of sp³-hybridized carbons (Fsp3) is 0.600. The first-order valence-corrected chi connectivity index (χ1v) is 10.9. The molecule has 5 heteroatoms. The average Bonchev–Trinajstić information content (AvgIpc) is 3.25. The molecule has 0 amide bonds. The summed E-state index contributed by atoms with van der Waals surface area (Å²) in [4.78, 5) is 9.60. The van der Waals surface area contributed by atoms with E-state index in [0.717, 1.165) is 37.3 Å². The number of nitrogens with zero attached hydrogens (tertiary/aromatic N) is 2. The van der Waals surface area contributed by atoms with Gasteiger partial charge in [-0.05, 0) is 17.1 Å². The highest BCUT2D eigenvalue weighted by Gasteiger charge is 2.28. The number of aliphatic imine (C=N–C) groups is 2. The van der Waals surface area contributed by atoms with E-state index < -0.39 is 7.92 Å². The quantitative estimate of drug-likeness (QED) is 0.696. The second kappa shape index (κ2) is 8.31. The third-order valence-corrected chi connectivity index (χ3v) is 7.11.